The molecule has 90 valence electrons. The maximum absolute atomic E-state index is 11.6. The molecule has 0 saturated carbocycles. The van der Waals surface area contributed by atoms with Crippen molar-refractivity contribution in [2.75, 3.05) is 6.61 Å². The SMILES string of the molecule is CCOC(=O)C(CC)c1ccccc1.NN. The van der Waals surface area contributed by atoms with Crippen molar-refractivity contribution in [3.05, 3.63) is 35.9 Å². The van der Waals surface area contributed by atoms with E-state index in [2.05, 4.69) is 11.7 Å². The monoisotopic (exact) mass is 224 g/mol. The Bertz CT molecular complexity index is 288. The van der Waals surface area contributed by atoms with E-state index in [-0.39, 0.29) is 11.9 Å². The third-order valence-corrected chi connectivity index (χ3v) is 2.18. The van der Waals surface area contributed by atoms with Crippen molar-refractivity contribution in [2.45, 2.75) is 26.2 Å². The summed E-state index contributed by atoms with van der Waals surface area (Å²) in [6.07, 6.45) is 0.781. The standard InChI is InChI=1S/C12H16O2.H4N2/c1-3-11(12(13)14-4-2)10-8-6-5-7-9-10;1-2/h5-9,11H,3-4H2,1-2H3;1-2H2. The minimum atomic E-state index is -0.124. The van der Waals surface area contributed by atoms with Crippen LogP contribution in [0.5, 0.6) is 0 Å². The fraction of sp³-hybridized carbons (Fsp3) is 0.417. The van der Waals surface area contributed by atoms with Crippen molar-refractivity contribution in [3.8, 4) is 0 Å². The molecule has 0 bridgehead atoms. The number of hydrazine groups is 1. The first-order chi connectivity index (χ1) is 7.79. The van der Waals surface area contributed by atoms with Gasteiger partial charge in [-0.05, 0) is 18.9 Å². The lowest BCUT2D eigenvalue weighted by atomic mass is 9.97. The molecule has 4 heteroatoms. The lowest BCUT2D eigenvalue weighted by Crippen LogP contribution is -2.15. The van der Waals surface area contributed by atoms with Crippen molar-refractivity contribution in [3.63, 3.8) is 0 Å². The molecule has 0 saturated heterocycles. The van der Waals surface area contributed by atoms with Crippen LogP contribution in [0.4, 0.5) is 0 Å². The van der Waals surface area contributed by atoms with Crippen LogP contribution in [0.3, 0.4) is 0 Å². The zero-order valence-corrected chi connectivity index (χ0v) is 9.85. The molecule has 0 fully saturated rings. The van der Waals surface area contributed by atoms with Crippen molar-refractivity contribution < 1.29 is 9.53 Å². The Morgan fingerprint density at radius 2 is 1.81 bits per heavy atom. The second-order valence-corrected chi connectivity index (χ2v) is 3.12. The van der Waals surface area contributed by atoms with Crippen LogP contribution in [0.25, 0.3) is 0 Å². The van der Waals surface area contributed by atoms with E-state index in [1.807, 2.05) is 44.2 Å². The highest BCUT2D eigenvalue weighted by atomic mass is 16.5. The Labute approximate surface area is 96.6 Å². The van der Waals surface area contributed by atoms with E-state index >= 15 is 0 Å². The smallest absolute Gasteiger partial charge is 0.313 e. The van der Waals surface area contributed by atoms with Crippen LogP contribution in [0, 0.1) is 0 Å². The van der Waals surface area contributed by atoms with Crippen molar-refractivity contribution in [2.24, 2.45) is 11.7 Å². The summed E-state index contributed by atoms with van der Waals surface area (Å²) in [5.74, 6) is 7.76. The quantitative estimate of drug-likeness (QED) is 0.462. The number of ether oxygens (including phenoxy) is 1. The number of hydrogen-bond donors (Lipinski definition) is 2. The predicted molar refractivity (Wildman–Crippen MR) is 64.5 cm³/mol. The molecule has 16 heavy (non-hydrogen) atoms. The van der Waals surface area contributed by atoms with Gasteiger partial charge in [-0.2, -0.15) is 0 Å². The van der Waals surface area contributed by atoms with Gasteiger partial charge in [0.2, 0.25) is 0 Å². The number of carbonyl (C=O) groups excluding carboxylic acids is 1. The largest absolute Gasteiger partial charge is 0.466 e. The topological polar surface area (TPSA) is 78.3 Å². The Morgan fingerprint density at radius 1 is 1.25 bits per heavy atom. The molecule has 0 heterocycles. The fourth-order valence-corrected chi connectivity index (χ4v) is 1.47. The van der Waals surface area contributed by atoms with Crippen LogP contribution < -0.4 is 11.7 Å². The van der Waals surface area contributed by atoms with Crippen molar-refractivity contribution in [1.29, 1.82) is 0 Å². The van der Waals surface area contributed by atoms with Crippen molar-refractivity contribution >= 4 is 5.97 Å². The number of nitrogens with two attached hydrogens (primary N) is 2. The summed E-state index contributed by atoms with van der Waals surface area (Å²) in [7, 11) is 0. The second kappa shape index (κ2) is 8.88. The Kier molecular flexibility index (Phi) is 8.11. The highest BCUT2D eigenvalue weighted by molar-refractivity contribution is 5.78. The molecule has 0 radical (unpaired) electrons. The van der Waals surface area contributed by atoms with Gasteiger partial charge >= 0.3 is 5.97 Å². The molecular weight excluding hydrogens is 204 g/mol. The number of esters is 1. The molecule has 1 aromatic carbocycles. The van der Waals surface area contributed by atoms with Gasteiger partial charge in [-0.15, -0.1) is 0 Å². The van der Waals surface area contributed by atoms with Crippen LogP contribution >= 0.6 is 0 Å². The van der Waals surface area contributed by atoms with Gasteiger partial charge in [0.15, 0.2) is 0 Å². The zero-order chi connectivity index (χ0) is 12.4. The Morgan fingerprint density at radius 3 is 2.25 bits per heavy atom. The van der Waals surface area contributed by atoms with Crippen LogP contribution in [-0.2, 0) is 9.53 Å². The van der Waals surface area contributed by atoms with E-state index in [1.54, 1.807) is 0 Å². The summed E-state index contributed by atoms with van der Waals surface area (Å²) in [5, 5.41) is 0. The molecule has 0 aliphatic heterocycles. The predicted octanol–water partition coefficient (Wildman–Crippen LogP) is 1.56. The normalized spacial score (nSPS) is 11.0. The summed E-state index contributed by atoms with van der Waals surface area (Å²) in [4.78, 5) is 11.6. The highest BCUT2D eigenvalue weighted by Crippen LogP contribution is 2.20. The first-order valence-corrected chi connectivity index (χ1v) is 5.34. The van der Waals surface area contributed by atoms with Gasteiger partial charge in [-0.25, -0.2) is 0 Å². The van der Waals surface area contributed by atoms with Crippen LogP contribution in [0.1, 0.15) is 31.7 Å². The molecule has 1 unspecified atom stereocenters. The van der Waals surface area contributed by atoms with Gasteiger partial charge in [-0.1, -0.05) is 37.3 Å². The fourth-order valence-electron chi connectivity index (χ4n) is 1.47. The highest BCUT2D eigenvalue weighted by Gasteiger charge is 2.18. The lowest BCUT2D eigenvalue weighted by Gasteiger charge is -2.13. The minimum Gasteiger partial charge on any atom is -0.466 e. The second-order valence-electron chi connectivity index (χ2n) is 3.12. The zero-order valence-electron chi connectivity index (χ0n) is 9.85. The molecule has 0 spiro atoms. The molecule has 1 aromatic rings. The number of carbonyl (C=O) groups is 1. The van der Waals surface area contributed by atoms with Crippen molar-refractivity contribution in [1.82, 2.24) is 0 Å². The maximum Gasteiger partial charge on any atom is 0.313 e. The van der Waals surface area contributed by atoms with E-state index in [4.69, 9.17) is 4.74 Å². The van der Waals surface area contributed by atoms with Gasteiger partial charge in [0.25, 0.3) is 0 Å². The average molecular weight is 224 g/mol. The third kappa shape index (κ3) is 4.42. The number of rotatable bonds is 4. The Balaban J connectivity index is 0.00000106. The molecule has 0 aromatic heterocycles. The molecule has 1 atom stereocenters. The maximum atomic E-state index is 11.6. The van der Waals surface area contributed by atoms with Gasteiger partial charge in [0, 0.05) is 0 Å². The van der Waals surface area contributed by atoms with Gasteiger partial charge in [0.1, 0.15) is 0 Å². The number of benzene rings is 1. The molecule has 0 amide bonds. The summed E-state index contributed by atoms with van der Waals surface area (Å²) in [6.45, 7) is 4.27. The molecule has 4 N–H and O–H groups in total. The number of hydrogen-bond acceptors (Lipinski definition) is 4. The molecule has 0 aliphatic rings. The van der Waals surface area contributed by atoms with E-state index in [1.165, 1.54) is 0 Å². The summed E-state index contributed by atoms with van der Waals surface area (Å²) in [6, 6.07) is 9.76. The minimum absolute atomic E-state index is 0.115. The summed E-state index contributed by atoms with van der Waals surface area (Å²) >= 11 is 0. The van der Waals surface area contributed by atoms with Crippen LogP contribution in [0.2, 0.25) is 0 Å². The van der Waals surface area contributed by atoms with Gasteiger partial charge in [-0.3, -0.25) is 16.5 Å². The van der Waals surface area contributed by atoms with Gasteiger partial charge in [0.05, 0.1) is 12.5 Å². The van der Waals surface area contributed by atoms with E-state index in [0.717, 1.165) is 12.0 Å². The summed E-state index contributed by atoms with van der Waals surface area (Å²) < 4.78 is 5.01. The lowest BCUT2D eigenvalue weighted by molar-refractivity contribution is -0.145. The van der Waals surface area contributed by atoms with E-state index in [9.17, 15) is 4.79 Å². The average Bonchev–Trinajstić information content (AvgIpc) is 2.34. The molecule has 1 rings (SSSR count). The van der Waals surface area contributed by atoms with E-state index in [0.29, 0.717) is 6.61 Å². The molecule has 0 aliphatic carbocycles. The third-order valence-electron chi connectivity index (χ3n) is 2.18. The van der Waals surface area contributed by atoms with Crippen LogP contribution in [0.15, 0.2) is 30.3 Å². The summed E-state index contributed by atoms with van der Waals surface area (Å²) in [5.41, 5.74) is 1.04. The Hall–Kier alpha value is -1.39. The molecule has 4 nitrogen and oxygen atoms in total. The van der Waals surface area contributed by atoms with E-state index < -0.39 is 0 Å². The first kappa shape index (κ1) is 14.6. The first-order valence-electron chi connectivity index (χ1n) is 5.34. The molecular formula is C12H20N2O2. The van der Waals surface area contributed by atoms with Gasteiger partial charge < -0.3 is 4.74 Å². The van der Waals surface area contributed by atoms with Crippen LogP contribution in [-0.4, -0.2) is 12.6 Å².